The Bertz CT molecular complexity index is 109. The predicted molar refractivity (Wildman–Crippen MR) is 38.9 cm³/mol. The average molecular weight is 182 g/mol. The van der Waals surface area contributed by atoms with Crippen molar-refractivity contribution in [3.05, 3.63) is 0 Å². The highest BCUT2D eigenvalue weighted by molar-refractivity contribution is 4.79. The lowest BCUT2D eigenvalue weighted by molar-refractivity contribution is -0.390. The molecule has 0 aliphatic rings. The highest BCUT2D eigenvalue weighted by Gasteiger charge is 2.29. The van der Waals surface area contributed by atoms with Crippen LogP contribution in [-0.2, 0) is 0 Å². The van der Waals surface area contributed by atoms with Crippen molar-refractivity contribution in [2.75, 3.05) is 13.2 Å². The second-order valence-electron chi connectivity index (χ2n) is 2.59. The zero-order valence-corrected chi connectivity index (χ0v) is 6.67. The van der Waals surface area contributed by atoms with Crippen molar-refractivity contribution in [1.29, 1.82) is 0 Å². The van der Waals surface area contributed by atoms with E-state index in [2.05, 4.69) is 5.73 Å². The lowest BCUT2D eigenvalue weighted by atomic mass is 10.0. The first-order valence-corrected chi connectivity index (χ1v) is 3.67. The fourth-order valence-electron chi connectivity index (χ4n) is 0.734. The molecule has 0 saturated carbocycles. The molecule has 0 aromatic heterocycles. The minimum atomic E-state index is -1.55. The zero-order valence-electron chi connectivity index (χ0n) is 6.67. The molecule has 0 amide bonds. The molecule has 0 aromatic rings. The van der Waals surface area contributed by atoms with E-state index in [0.717, 1.165) is 0 Å². The summed E-state index contributed by atoms with van der Waals surface area (Å²) in [6.45, 7) is -0.640. The Morgan fingerprint density at radius 3 is 1.67 bits per heavy atom. The van der Waals surface area contributed by atoms with Crippen LogP contribution < -0.4 is 5.73 Å². The van der Waals surface area contributed by atoms with Gasteiger partial charge in [0, 0.05) is 0 Å². The van der Waals surface area contributed by atoms with Gasteiger partial charge in [-0.1, -0.05) is 0 Å². The van der Waals surface area contributed by atoms with Crippen LogP contribution in [0.5, 0.6) is 0 Å². The Hall–Kier alpha value is -0.240. The molecule has 0 bridgehead atoms. The van der Waals surface area contributed by atoms with E-state index >= 15 is 0 Å². The molecule has 4 atom stereocenters. The quantitative estimate of drug-likeness (QED) is 0.256. The van der Waals surface area contributed by atoms with Crippen molar-refractivity contribution < 1.29 is 31.3 Å². The second-order valence-corrected chi connectivity index (χ2v) is 2.59. The van der Waals surface area contributed by atoms with E-state index in [1.807, 2.05) is 0 Å². The zero-order chi connectivity index (χ0) is 9.72. The van der Waals surface area contributed by atoms with Gasteiger partial charge in [-0.3, -0.25) is 0 Å². The van der Waals surface area contributed by atoms with Gasteiger partial charge in [0.05, 0.1) is 6.61 Å². The maximum atomic E-state index is 9.08. The standard InChI is InChI=1S/C6H15NO5/c7-1-3(9)5(11)6(12)4(10)2-8/h3-6,8-12H,1-2,7H2/p+1. The van der Waals surface area contributed by atoms with E-state index in [1.165, 1.54) is 0 Å². The molecule has 0 aliphatic carbocycles. The first-order chi connectivity index (χ1) is 5.54. The normalized spacial score (nSPS) is 21.5. The Labute approximate surface area is 69.9 Å². The summed E-state index contributed by atoms with van der Waals surface area (Å²) in [6.07, 6.45) is -5.67. The predicted octanol–water partition coefficient (Wildman–Crippen LogP) is -4.34. The molecule has 74 valence electrons. The summed E-state index contributed by atoms with van der Waals surface area (Å²) in [6, 6.07) is 0. The second kappa shape index (κ2) is 5.41. The maximum absolute atomic E-state index is 9.08. The van der Waals surface area contributed by atoms with Gasteiger partial charge in [-0.15, -0.1) is 0 Å². The Balaban J connectivity index is 3.99. The fourth-order valence-corrected chi connectivity index (χ4v) is 0.734. The maximum Gasteiger partial charge on any atom is 0.131 e. The van der Waals surface area contributed by atoms with Crippen LogP contribution in [0.4, 0.5) is 0 Å². The SMILES string of the molecule is [NH3+]CC(O)C(O)C(O)C(O)CO. The Morgan fingerprint density at radius 2 is 1.33 bits per heavy atom. The van der Waals surface area contributed by atoms with E-state index < -0.39 is 31.0 Å². The van der Waals surface area contributed by atoms with Gasteiger partial charge in [-0.05, 0) is 0 Å². The van der Waals surface area contributed by atoms with E-state index in [4.69, 9.17) is 25.5 Å². The summed E-state index contributed by atoms with van der Waals surface area (Å²) in [7, 11) is 0. The summed E-state index contributed by atoms with van der Waals surface area (Å²) in [5, 5.41) is 44.3. The summed E-state index contributed by atoms with van der Waals surface area (Å²) < 4.78 is 0. The molecule has 0 spiro atoms. The van der Waals surface area contributed by atoms with E-state index in [9.17, 15) is 0 Å². The minimum Gasteiger partial charge on any atom is -0.394 e. The van der Waals surface area contributed by atoms with Crippen molar-refractivity contribution in [1.82, 2.24) is 0 Å². The third kappa shape index (κ3) is 3.02. The van der Waals surface area contributed by atoms with Gasteiger partial charge in [0.2, 0.25) is 0 Å². The summed E-state index contributed by atoms with van der Waals surface area (Å²) >= 11 is 0. The van der Waals surface area contributed by atoms with E-state index in [-0.39, 0.29) is 6.54 Å². The molecule has 0 aromatic carbocycles. The first-order valence-electron chi connectivity index (χ1n) is 3.67. The van der Waals surface area contributed by atoms with E-state index in [0.29, 0.717) is 0 Å². The van der Waals surface area contributed by atoms with E-state index in [1.54, 1.807) is 0 Å². The van der Waals surface area contributed by atoms with Crippen molar-refractivity contribution in [3.8, 4) is 0 Å². The molecular formula is C6H16NO5+. The average Bonchev–Trinajstić information content (AvgIpc) is 2.12. The van der Waals surface area contributed by atoms with Gasteiger partial charge in [0.25, 0.3) is 0 Å². The number of aliphatic hydroxyl groups is 5. The molecule has 0 saturated heterocycles. The molecular weight excluding hydrogens is 166 g/mol. The smallest absolute Gasteiger partial charge is 0.131 e. The highest BCUT2D eigenvalue weighted by atomic mass is 16.4. The number of rotatable bonds is 5. The molecule has 8 N–H and O–H groups in total. The van der Waals surface area contributed by atoms with Gasteiger partial charge in [0.15, 0.2) is 0 Å². The monoisotopic (exact) mass is 182 g/mol. The Kier molecular flexibility index (Phi) is 5.31. The minimum absolute atomic E-state index is 0.0242. The van der Waals surface area contributed by atoms with Gasteiger partial charge in [-0.25, -0.2) is 0 Å². The fraction of sp³-hybridized carbons (Fsp3) is 1.00. The van der Waals surface area contributed by atoms with Crippen molar-refractivity contribution >= 4 is 0 Å². The molecule has 0 radical (unpaired) electrons. The van der Waals surface area contributed by atoms with Crippen molar-refractivity contribution in [3.63, 3.8) is 0 Å². The third-order valence-electron chi connectivity index (χ3n) is 1.62. The summed E-state index contributed by atoms with van der Waals surface area (Å²) in [5.41, 5.74) is 3.31. The van der Waals surface area contributed by atoms with Crippen LogP contribution in [0, 0.1) is 0 Å². The number of hydrogen-bond donors (Lipinski definition) is 6. The lowest BCUT2D eigenvalue weighted by Gasteiger charge is -2.23. The molecule has 0 rings (SSSR count). The summed E-state index contributed by atoms with van der Waals surface area (Å²) in [5.74, 6) is 0. The molecule has 6 nitrogen and oxygen atoms in total. The van der Waals surface area contributed by atoms with Crippen LogP contribution in [-0.4, -0.2) is 63.1 Å². The molecule has 12 heavy (non-hydrogen) atoms. The lowest BCUT2D eigenvalue weighted by Crippen LogP contribution is -2.61. The van der Waals surface area contributed by atoms with Gasteiger partial charge in [0.1, 0.15) is 31.0 Å². The highest BCUT2D eigenvalue weighted by Crippen LogP contribution is 2.03. The van der Waals surface area contributed by atoms with Crippen molar-refractivity contribution in [2.45, 2.75) is 24.4 Å². The van der Waals surface area contributed by atoms with Crippen LogP contribution in [0.25, 0.3) is 0 Å². The van der Waals surface area contributed by atoms with Gasteiger partial charge < -0.3 is 31.3 Å². The number of quaternary nitrogens is 1. The van der Waals surface area contributed by atoms with Crippen LogP contribution in [0.2, 0.25) is 0 Å². The first kappa shape index (κ1) is 11.8. The van der Waals surface area contributed by atoms with Crippen LogP contribution in [0.3, 0.4) is 0 Å². The number of aliphatic hydroxyl groups excluding tert-OH is 5. The molecule has 0 heterocycles. The van der Waals surface area contributed by atoms with Crippen molar-refractivity contribution in [2.24, 2.45) is 0 Å². The molecule has 6 heteroatoms. The van der Waals surface area contributed by atoms with Gasteiger partial charge in [-0.2, -0.15) is 0 Å². The van der Waals surface area contributed by atoms with Crippen LogP contribution in [0.1, 0.15) is 0 Å². The largest absolute Gasteiger partial charge is 0.394 e. The topological polar surface area (TPSA) is 129 Å². The molecule has 0 fully saturated rings. The van der Waals surface area contributed by atoms with Crippen LogP contribution >= 0.6 is 0 Å². The third-order valence-corrected chi connectivity index (χ3v) is 1.62. The van der Waals surface area contributed by atoms with Gasteiger partial charge >= 0.3 is 0 Å². The molecule has 0 aliphatic heterocycles. The Morgan fingerprint density at radius 1 is 0.917 bits per heavy atom. The van der Waals surface area contributed by atoms with Crippen LogP contribution in [0.15, 0.2) is 0 Å². The summed E-state index contributed by atoms with van der Waals surface area (Å²) in [4.78, 5) is 0. The molecule has 4 unspecified atom stereocenters. The number of hydrogen-bond acceptors (Lipinski definition) is 5.